The summed E-state index contributed by atoms with van der Waals surface area (Å²) in [5.74, 6) is 0.762. The minimum absolute atomic E-state index is 0.0560. The molecule has 1 N–H and O–H groups in total. The van der Waals surface area contributed by atoms with E-state index in [-0.39, 0.29) is 11.8 Å². The van der Waals surface area contributed by atoms with Gasteiger partial charge in [-0.15, -0.1) is 21.5 Å². The van der Waals surface area contributed by atoms with Gasteiger partial charge in [0.15, 0.2) is 16.1 Å². The van der Waals surface area contributed by atoms with E-state index in [0.717, 1.165) is 43.2 Å². The summed E-state index contributed by atoms with van der Waals surface area (Å²) in [6, 6.07) is 3.59. The molecular weight excluding hydrogens is 370 g/mol. The molecule has 1 aliphatic heterocycles. The average Bonchev–Trinajstić information content (AvgIpc) is 2.90. The van der Waals surface area contributed by atoms with Crippen molar-refractivity contribution in [1.29, 1.82) is 0 Å². The quantitative estimate of drug-likeness (QED) is 0.807. The van der Waals surface area contributed by atoms with Crippen LogP contribution in [0.25, 0.3) is 0 Å². The van der Waals surface area contributed by atoms with E-state index in [4.69, 9.17) is 11.6 Å². The molecule has 0 aromatic carbocycles. The zero-order valence-corrected chi connectivity index (χ0v) is 16.2. The van der Waals surface area contributed by atoms with Crippen molar-refractivity contribution in [1.82, 2.24) is 15.2 Å². The van der Waals surface area contributed by atoms with Gasteiger partial charge in [-0.05, 0) is 50.7 Å². The van der Waals surface area contributed by atoms with Gasteiger partial charge in [0.05, 0.1) is 11.6 Å². The fourth-order valence-corrected chi connectivity index (χ4v) is 4.82. The van der Waals surface area contributed by atoms with Crippen LogP contribution in [0.2, 0.25) is 5.15 Å². The molecule has 1 aliphatic carbocycles. The lowest BCUT2D eigenvalue weighted by Gasteiger charge is -2.32. The molecule has 0 radical (unpaired) electrons. The highest BCUT2D eigenvalue weighted by Crippen LogP contribution is 2.30. The predicted molar refractivity (Wildman–Crippen MR) is 104 cm³/mol. The van der Waals surface area contributed by atoms with Crippen molar-refractivity contribution in [3.63, 3.8) is 0 Å². The fraction of sp³-hybridized carbons (Fsp3) is 0.556. The van der Waals surface area contributed by atoms with Crippen LogP contribution in [0.1, 0.15) is 42.7 Å². The molecule has 3 heterocycles. The summed E-state index contributed by atoms with van der Waals surface area (Å²) in [5.41, 5.74) is 1.18. The molecule has 8 heteroatoms. The zero-order chi connectivity index (χ0) is 17.9. The number of halogens is 1. The van der Waals surface area contributed by atoms with Crippen LogP contribution < -0.4 is 10.2 Å². The molecule has 1 saturated heterocycles. The normalized spacial score (nSPS) is 20.3. The van der Waals surface area contributed by atoms with E-state index in [2.05, 4.69) is 25.4 Å². The minimum Gasteiger partial charge on any atom is -0.354 e. The number of carbonyl (C=O) groups is 1. The van der Waals surface area contributed by atoms with Crippen molar-refractivity contribution in [2.75, 3.05) is 23.3 Å². The zero-order valence-electron chi connectivity index (χ0n) is 14.6. The molecule has 138 valence electrons. The van der Waals surface area contributed by atoms with E-state index in [0.29, 0.717) is 11.7 Å². The van der Waals surface area contributed by atoms with Gasteiger partial charge in [-0.25, -0.2) is 4.98 Å². The third-order valence-corrected chi connectivity index (χ3v) is 6.33. The Bertz CT molecular complexity index is 755. The summed E-state index contributed by atoms with van der Waals surface area (Å²) in [6.45, 7) is 1.53. The maximum Gasteiger partial charge on any atom is 0.231 e. The van der Waals surface area contributed by atoms with E-state index in [9.17, 15) is 4.79 Å². The summed E-state index contributed by atoms with van der Waals surface area (Å²) >= 11 is 7.46. The van der Waals surface area contributed by atoms with E-state index in [1.54, 1.807) is 17.4 Å². The van der Waals surface area contributed by atoms with Crippen LogP contribution in [0.3, 0.4) is 0 Å². The molecule has 2 aromatic rings. The van der Waals surface area contributed by atoms with E-state index >= 15 is 0 Å². The number of carbonyl (C=O) groups excluding carboxylic acids is 1. The Labute approximate surface area is 162 Å². The van der Waals surface area contributed by atoms with Gasteiger partial charge in [-0.2, -0.15) is 0 Å². The SMILES string of the molecule is O=C(Nc1nc2c(s1)CCCCC2)[C@H]1CCCN(c2ccc(Cl)nn2)C1. The minimum atomic E-state index is -0.0649. The van der Waals surface area contributed by atoms with Gasteiger partial charge in [-0.3, -0.25) is 4.79 Å². The molecule has 0 saturated carbocycles. The van der Waals surface area contributed by atoms with Crippen LogP contribution in [0.5, 0.6) is 0 Å². The molecule has 1 fully saturated rings. The highest BCUT2D eigenvalue weighted by molar-refractivity contribution is 7.15. The Balaban J connectivity index is 1.40. The maximum absolute atomic E-state index is 12.8. The van der Waals surface area contributed by atoms with Gasteiger partial charge in [0, 0.05) is 18.0 Å². The largest absolute Gasteiger partial charge is 0.354 e. The van der Waals surface area contributed by atoms with Crippen LogP contribution in [0, 0.1) is 5.92 Å². The number of aryl methyl sites for hydroxylation is 2. The maximum atomic E-state index is 12.8. The summed E-state index contributed by atoms with van der Waals surface area (Å²) in [7, 11) is 0. The van der Waals surface area contributed by atoms with Crippen LogP contribution in [0.15, 0.2) is 12.1 Å². The molecule has 1 amide bonds. The molecule has 0 spiro atoms. The number of aromatic nitrogens is 3. The van der Waals surface area contributed by atoms with Crippen molar-refractivity contribution in [2.24, 2.45) is 5.92 Å². The van der Waals surface area contributed by atoms with Gasteiger partial charge < -0.3 is 10.2 Å². The Hall–Kier alpha value is -1.73. The Kier molecular flexibility index (Phi) is 5.36. The lowest BCUT2D eigenvalue weighted by atomic mass is 9.97. The number of fused-ring (bicyclic) bond motifs is 1. The number of thiazole rings is 1. The van der Waals surface area contributed by atoms with Gasteiger partial charge in [0.25, 0.3) is 0 Å². The number of hydrogen-bond donors (Lipinski definition) is 1. The van der Waals surface area contributed by atoms with E-state index in [1.807, 2.05) is 6.07 Å². The molecule has 4 rings (SSSR count). The van der Waals surface area contributed by atoms with Crippen LogP contribution in [0.4, 0.5) is 10.9 Å². The second-order valence-corrected chi connectivity index (χ2v) is 8.41. The predicted octanol–water partition coefficient (Wildman–Crippen LogP) is 3.71. The second kappa shape index (κ2) is 7.88. The van der Waals surface area contributed by atoms with Crippen LogP contribution in [-0.4, -0.2) is 34.2 Å². The van der Waals surface area contributed by atoms with Crippen molar-refractivity contribution < 1.29 is 4.79 Å². The molecule has 0 unspecified atom stereocenters. The Morgan fingerprint density at radius 1 is 1.19 bits per heavy atom. The van der Waals surface area contributed by atoms with Crippen molar-refractivity contribution in [3.8, 4) is 0 Å². The van der Waals surface area contributed by atoms with Gasteiger partial charge in [0.1, 0.15) is 0 Å². The highest BCUT2D eigenvalue weighted by Gasteiger charge is 2.27. The third kappa shape index (κ3) is 3.99. The van der Waals surface area contributed by atoms with E-state index in [1.165, 1.54) is 29.8 Å². The number of anilines is 2. The third-order valence-electron chi connectivity index (χ3n) is 5.06. The number of nitrogens with one attached hydrogen (secondary N) is 1. The number of piperidine rings is 1. The first-order valence-corrected chi connectivity index (χ1v) is 10.4. The number of rotatable bonds is 3. The standard InChI is InChI=1S/C18H22ClN5OS/c19-15-8-9-16(23-22-15)24-10-4-5-12(11-24)17(25)21-18-20-13-6-2-1-3-7-14(13)26-18/h8-9,12H,1-7,10-11H2,(H,20,21,25)/t12-/m0/s1. The van der Waals surface area contributed by atoms with Crippen LogP contribution in [-0.2, 0) is 17.6 Å². The summed E-state index contributed by atoms with van der Waals surface area (Å²) < 4.78 is 0. The summed E-state index contributed by atoms with van der Waals surface area (Å²) in [5, 5.41) is 12.2. The monoisotopic (exact) mass is 391 g/mol. The number of nitrogens with zero attached hydrogens (tertiary/aromatic N) is 4. The Morgan fingerprint density at radius 2 is 2.08 bits per heavy atom. The molecule has 26 heavy (non-hydrogen) atoms. The number of hydrogen-bond acceptors (Lipinski definition) is 6. The first kappa shape index (κ1) is 17.7. The Morgan fingerprint density at radius 3 is 2.92 bits per heavy atom. The van der Waals surface area contributed by atoms with Gasteiger partial charge >= 0.3 is 0 Å². The van der Waals surface area contributed by atoms with E-state index < -0.39 is 0 Å². The molecule has 6 nitrogen and oxygen atoms in total. The fourth-order valence-electron chi connectivity index (χ4n) is 3.67. The average molecular weight is 392 g/mol. The summed E-state index contributed by atoms with van der Waals surface area (Å²) in [4.78, 5) is 20.9. The lowest BCUT2D eigenvalue weighted by Crippen LogP contribution is -2.41. The first-order valence-electron chi connectivity index (χ1n) is 9.22. The molecule has 2 aromatic heterocycles. The second-order valence-electron chi connectivity index (χ2n) is 6.94. The van der Waals surface area contributed by atoms with Crippen LogP contribution >= 0.6 is 22.9 Å². The first-order chi connectivity index (χ1) is 12.7. The van der Waals surface area contributed by atoms with Crippen molar-refractivity contribution >= 4 is 39.8 Å². The topological polar surface area (TPSA) is 71.0 Å². The lowest BCUT2D eigenvalue weighted by molar-refractivity contribution is -0.120. The summed E-state index contributed by atoms with van der Waals surface area (Å²) in [6.07, 6.45) is 7.66. The van der Waals surface area contributed by atoms with Crippen molar-refractivity contribution in [2.45, 2.75) is 44.9 Å². The smallest absolute Gasteiger partial charge is 0.231 e. The molecular formula is C18H22ClN5OS. The highest BCUT2D eigenvalue weighted by atomic mass is 35.5. The van der Waals surface area contributed by atoms with Gasteiger partial charge in [-0.1, -0.05) is 18.0 Å². The number of amides is 1. The molecule has 0 bridgehead atoms. The molecule has 1 atom stereocenters. The van der Waals surface area contributed by atoms with Crippen molar-refractivity contribution in [3.05, 3.63) is 27.9 Å². The molecule has 2 aliphatic rings. The van der Waals surface area contributed by atoms with Gasteiger partial charge in [0.2, 0.25) is 5.91 Å².